The lowest BCUT2D eigenvalue weighted by atomic mass is 9.51. The summed E-state index contributed by atoms with van der Waals surface area (Å²) in [5.74, 6) is -2.41. The quantitative estimate of drug-likeness (QED) is 0.432. The number of benzene rings is 2. The number of hydrogen-bond donors (Lipinski definition) is 2. The molecule has 10 atom stereocenters. The van der Waals surface area contributed by atoms with Crippen LogP contribution in [-0.2, 0) is 41.2 Å². The van der Waals surface area contributed by atoms with Crippen LogP contribution in [-0.4, -0.2) is 131 Å². The van der Waals surface area contributed by atoms with Crippen LogP contribution in [0, 0.1) is 5.82 Å². The van der Waals surface area contributed by atoms with Crippen LogP contribution in [0.2, 0.25) is 0 Å². The van der Waals surface area contributed by atoms with Crippen molar-refractivity contribution in [3.63, 3.8) is 0 Å². The van der Waals surface area contributed by atoms with Crippen molar-refractivity contribution >= 4 is 78.6 Å². The Hall–Kier alpha value is -3.32. The fraction of sp³-hybridized carbons (Fsp3) is 0.500. The lowest BCUT2D eigenvalue weighted by Gasteiger charge is -2.58. The standard InChI is InChI=1S/C34H33FN6O7S4/c1-29-24(43)40-20-13-15-11-12-16(35)14-18(15)31(20,21(42)33(40,51-49-29)26(45)38(29)5)32-17-9-7-8-10-19(17)36-23(32)41-25(44)30(2)39(6)27(46)34(41,52-50-30)22(32)48-28(47)37(3)4/h7-12,14,20-23,36,42H,13H2,1-6H3/t20-,21-,22-,23+,29-,30-,31-,32+,33-,34-/m0/s1. The summed E-state index contributed by atoms with van der Waals surface area (Å²) in [4.78, 5) is 74.4. The molecule has 0 aromatic heterocycles. The molecule has 1 aliphatic carbocycles. The number of para-hydroxylation sites is 1. The maximum Gasteiger partial charge on any atom is 0.409 e. The minimum Gasteiger partial charge on any atom is -0.441 e. The van der Waals surface area contributed by atoms with E-state index in [9.17, 15) is 19.5 Å². The number of carbonyl (C=O) groups is 5. The zero-order valence-electron chi connectivity index (χ0n) is 28.7. The molecule has 8 fully saturated rings. The van der Waals surface area contributed by atoms with Crippen LogP contribution in [0.3, 0.4) is 0 Å². The molecule has 12 rings (SSSR count). The Morgan fingerprint density at radius 1 is 0.865 bits per heavy atom. The van der Waals surface area contributed by atoms with Crippen molar-refractivity contribution in [2.24, 2.45) is 0 Å². The number of ether oxygens (including phenoxy) is 1. The topological polar surface area (TPSA) is 143 Å². The smallest absolute Gasteiger partial charge is 0.409 e. The van der Waals surface area contributed by atoms with Gasteiger partial charge in [0.2, 0.25) is 9.74 Å². The van der Waals surface area contributed by atoms with E-state index in [1.807, 2.05) is 0 Å². The molecule has 52 heavy (non-hydrogen) atoms. The Kier molecular flexibility index (Phi) is 6.18. The van der Waals surface area contributed by atoms with Gasteiger partial charge >= 0.3 is 6.09 Å². The second-order valence-corrected chi connectivity index (χ2v) is 20.7. The SMILES string of the molecule is CN(C)C(=O)O[C@H]1[C@]2([C@@]34c5cc(F)ccc5C[C@@H]3N3C(=O)[C@]5(C)SS[C@]3(C(=O)N5C)[C@H]4O)c3ccccc3N[C@@H]2N2C(=O)[C@]3(C)SS[C@]12C(=O)N3C. The van der Waals surface area contributed by atoms with Crippen molar-refractivity contribution < 1.29 is 38.2 Å². The number of piperazine rings is 2. The Balaban J connectivity index is 1.38. The Labute approximate surface area is 313 Å². The molecule has 0 saturated carbocycles. The fourth-order valence-corrected chi connectivity index (χ4v) is 17.8. The lowest BCUT2D eigenvalue weighted by molar-refractivity contribution is -0.166. The van der Waals surface area contributed by atoms with E-state index in [-0.39, 0.29) is 6.42 Å². The molecule has 0 radical (unpaired) electrons. The number of rotatable bonds is 2. The number of amides is 5. The van der Waals surface area contributed by atoms with E-state index in [4.69, 9.17) is 4.74 Å². The predicted octanol–water partition coefficient (Wildman–Crippen LogP) is 2.35. The maximum atomic E-state index is 15.9. The first-order valence-corrected chi connectivity index (χ1v) is 21.0. The molecular formula is C34H33FN6O7S4. The monoisotopic (exact) mass is 784 g/mol. The molecule has 2 aromatic carbocycles. The van der Waals surface area contributed by atoms with Gasteiger partial charge < -0.3 is 34.8 Å². The van der Waals surface area contributed by atoms with Gasteiger partial charge in [0, 0.05) is 33.9 Å². The number of nitrogens with zero attached hydrogens (tertiary/aromatic N) is 5. The van der Waals surface area contributed by atoms with Crippen LogP contribution < -0.4 is 5.32 Å². The molecule has 2 spiro atoms. The van der Waals surface area contributed by atoms with Gasteiger partial charge in [-0.1, -0.05) is 45.9 Å². The van der Waals surface area contributed by atoms with E-state index < -0.39 is 90.3 Å². The highest BCUT2D eigenvalue weighted by Crippen LogP contribution is 2.79. The Morgan fingerprint density at radius 3 is 2.15 bits per heavy atom. The zero-order valence-corrected chi connectivity index (χ0v) is 32.0. The predicted molar refractivity (Wildman–Crippen MR) is 193 cm³/mol. The minimum atomic E-state index is -1.88. The summed E-state index contributed by atoms with van der Waals surface area (Å²) in [5, 5.41) is 17.1. The molecule has 272 valence electrons. The highest BCUT2D eigenvalue weighted by atomic mass is 33.1. The first-order chi connectivity index (χ1) is 24.5. The number of carbonyl (C=O) groups excluding carboxylic acids is 5. The van der Waals surface area contributed by atoms with E-state index in [0.29, 0.717) is 22.4 Å². The number of aliphatic hydroxyl groups is 1. The highest BCUT2D eigenvalue weighted by molar-refractivity contribution is 8.78. The minimum absolute atomic E-state index is 0.123. The number of nitrogens with one attached hydrogen (secondary N) is 1. The van der Waals surface area contributed by atoms with Crippen molar-refractivity contribution in [1.82, 2.24) is 24.5 Å². The van der Waals surface area contributed by atoms with E-state index in [0.717, 1.165) is 21.6 Å². The Morgan fingerprint density at radius 2 is 1.48 bits per heavy atom. The highest BCUT2D eigenvalue weighted by Gasteiger charge is 2.93. The molecule has 0 unspecified atom stereocenters. The van der Waals surface area contributed by atoms with Crippen molar-refractivity contribution in [3.05, 3.63) is 65.0 Å². The molecular weight excluding hydrogens is 752 g/mol. The second-order valence-electron chi connectivity index (χ2n) is 15.2. The van der Waals surface area contributed by atoms with Crippen molar-refractivity contribution in [2.45, 2.75) is 75.0 Å². The van der Waals surface area contributed by atoms with E-state index >= 15 is 14.0 Å². The molecule has 8 saturated heterocycles. The maximum absolute atomic E-state index is 15.9. The summed E-state index contributed by atoms with van der Waals surface area (Å²) in [6.07, 6.45) is -5.14. The third-order valence-corrected chi connectivity index (χ3v) is 20.4. The van der Waals surface area contributed by atoms with Gasteiger partial charge in [0.05, 0.1) is 16.9 Å². The van der Waals surface area contributed by atoms with Gasteiger partial charge in [0.15, 0.2) is 15.8 Å². The van der Waals surface area contributed by atoms with Gasteiger partial charge in [0.1, 0.15) is 18.1 Å². The summed E-state index contributed by atoms with van der Waals surface area (Å²) in [5.41, 5.74) is -1.62. The van der Waals surface area contributed by atoms with Crippen LogP contribution >= 0.6 is 43.2 Å². The number of fused-ring (bicyclic) bond motifs is 11. The normalized spacial score (nSPS) is 42.9. The third-order valence-electron chi connectivity index (χ3n) is 13.1. The number of anilines is 1. The molecule has 13 nitrogen and oxygen atoms in total. The van der Waals surface area contributed by atoms with Crippen LogP contribution in [0.15, 0.2) is 42.5 Å². The largest absolute Gasteiger partial charge is 0.441 e. The average molecular weight is 785 g/mol. The first kappa shape index (κ1) is 33.3. The molecule has 9 aliphatic heterocycles. The van der Waals surface area contributed by atoms with E-state index in [1.165, 1.54) is 79.4 Å². The molecule has 2 aromatic rings. The van der Waals surface area contributed by atoms with Gasteiger partial charge in [-0.05, 0) is 76.7 Å². The molecule has 9 heterocycles. The lowest BCUT2D eigenvalue weighted by Crippen LogP contribution is -2.77. The molecule has 5 amide bonds. The number of aliphatic hydroxyl groups excluding tert-OH is 1. The first-order valence-electron chi connectivity index (χ1n) is 16.7. The summed E-state index contributed by atoms with van der Waals surface area (Å²) in [6, 6.07) is 10.5. The van der Waals surface area contributed by atoms with Gasteiger partial charge in [-0.3, -0.25) is 24.1 Å². The Bertz CT molecular complexity index is 2130. The van der Waals surface area contributed by atoms with Crippen LogP contribution in [0.4, 0.5) is 14.9 Å². The van der Waals surface area contributed by atoms with Crippen molar-refractivity contribution in [3.8, 4) is 0 Å². The van der Waals surface area contributed by atoms with Gasteiger partial charge in [-0.25, -0.2) is 9.18 Å². The average Bonchev–Trinajstić information content (AvgIpc) is 3.77. The van der Waals surface area contributed by atoms with Gasteiger partial charge in [-0.2, -0.15) is 0 Å². The number of likely N-dealkylation sites (N-methyl/N-ethyl adjacent to an activating group) is 2. The van der Waals surface area contributed by atoms with Crippen LogP contribution in [0.5, 0.6) is 0 Å². The molecule has 2 N–H and O–H groups in total. The molecule has 10 aliphatic rings. The van der Waals surface area contributed by atoms with Crippen LogP contribution in [0.25, 0.3) is 0 Å². The van der Waals surface area contributed by atoms with Crippen LogP contribution in [0.1, 0.15) is 30.5 Å². The van der Waals surface area contributed by atoms with E-state index in [2.05, 4.69) is 5.32 Å². The van der Waals surface area contributed by atoms with E-state index in [1.54, 1.807) is 51.2 Å². The van der Waals surface area contributed by atoms with Crippen molar-refractivity contribution in [2.75, 3.05) is 33.5 Å². The summed E-state index contributed by atoms with van der Waals surface area (Å²) in [6.45, 7) is 3.34. The summed E-state index contributed by atoms with van der Waals surface area (Å²) < 4.78 is 22.5. The number of halogens is 1. The molecule has 18 heteroatoms. The van der Waals surface area contributed by atoms with Crippen molar-refractivity contribution in [1.29, 1.82) is 0 Å². The molecule has 4 bridgehead atoms. The third kappa shape index (κ3) is 3.02. The number of hydrogen-bond acceptors (Lipinski definition) is 12. The summed E-state index contributed by atoms with van der Waals surface area (Å²) >= 11 is 0. The second kappa shape index (κ2) is 9.67. The zero-order chi connectivity index (χ0) is 36.9. The van der Waals surface area contributed by atoms with Gasteiger partial charge in [-0.15, -0.1) is 0 Å². The fourth-order valence-electron chi connectivity index (χ4n) is 10.6. The van der Waals surface area contributed by atoms with Gasteiger partial charge in [0.25, 0.3) is 23.6 Å². The summed E-state index contributed by atoms with van der Waals surface area (Å²) in [7, 11) is 10.7.